The summed E-state index contributed by atoms with van der Waals surface area (Å²) in [6.45, 7) is 4.77. The van der Waals surface area contributed by atoms with Gasteiger partial charge in [-0.3, -0.25) is 4.79 Å². The minimum atomic E-state index is -0.178. The van der Waals surface area contributed by atoms with E-state index in [1.54, 1.807) is 11.3 Å². The molecule has 1 aliphatic rings. The Hall–Kier alpha value is -0.670. The zero-order chi connectivity index (χ0) is 10.1. The average Bonchev–Trinajstić information content (AvgIpc) is 2.73. The van der Waals surface area contributed by atoms with Crippen LogP contribution in [0.5, 0.6) is 0 Å². The Morgan fingerprint density at radius 2 is 2.36 bits per heavy atom. The normalized spacial score (nSPS) is 21.4. The van der Waals surface area contributed by atoms with Crippen molar-refractivity contribution in [1.82, 2.24) is 0 Å². The van der Waals surface area contributed by atoms with Gasteiger partial charge in [0.15, 0.2) is 5.78 Å². The molecule has 2 rings (SSSR count). The van der Waals surface area contributed by atoms with Gasteiger partial charge in [0.2, 0.25) is 0 Å². The molecule has 0 saturated carbocycles. The summed E-state index contributed by atoms with van der Waals surface area (Å²) in [4.78, 5) is 14.3. The average molecular weight is 210 g/mol. The van der Waals surface area contributed by atoms with E-state index in [0.717, 1.165) is 29.9 Å². The lowest BCUT2D eigenvalue weighted by atomic mass is 10.1. The lowest BCUT2D eigenvalue weighted by molar-refractivity contribution is 0.0643. The van der Waals surface area contributed by atoms with Crippen molar-refractivity contribution in [3.63, 3.8) is 0 Å². The second-order valence-corrected chi connectivity index (χ2v) is 5.15. The molecule has 1 saturated heterocycles. The van der Waals surface area contributed by atoms with E-state index in [9.17, 15) is 4.79 Å². The van der Waals surface area contributed by atoms with E-state index in [-0.39, 0.29) is 11.9 Å². The minimum absolute atomic E-state index is 0.171. The summed E-state index contributed by atoms with van der Waals surface area (Å²) in [5.41, 5.74) is 0.861. The van der Waals surface area contributed by atoms with E-state index < -0.39 is 0 Å². The van der Waals surface area contributed by atoms with Gasteiger partial charge in [-0.25, -0.2) is 0 Å². The Kier molecular flexibility index (Phi) is 2.70. The standard InChI is InChI=1S/C11H14O2S/c1-7-6-9(8(2)14-7)11(12)10-4-3-5-13-10/h6,10H,3-5H2,1-2H3. The van der Waals surface area contributed by atoms with Gasteiger partial charge < -0.3 is 4.74 Å². The second kappa shape index (κ2) is 3.83. The van der Waals surface area contributed by atoms with Crippen LogP contribution in [0.25, 0.3) is 0 Å². The van der Waals surface area contributed by atoms with Crippen molar-refractivity contribution in [2.75, 3.05) is 6.61 Å². The van der Waals surface area contributed by atoms with E-state index in [4.69, 9.17) is 4.74 Å². The van der Waals surface area contributed by atoms with Crippen LogP contribution in [0.15, 0.2) is 6.07 Å². The highest BCUT2D eigenvalue weighted by Gasteiger charge is 2.26. The van der Waals surface area contributed by atoms with Gasteiger partial charge in [-0.05, 0) is 32.8 Å². The maximum atomic E-state index is 12.0. The third kappa shape index (κ3) is 1.74. The molecule has 76 valence electrons. The van der Waals surface area contributed by atoms with Crippen LogP contribution in [-0.2, 0) is 4.74 Å². The van der Waals surface area contributed by atoms with Crippen molar-refractivity contribution < 1.29 is 9.53 Å². The maximum Gasteiger partial charge on any atom is 0.192 e. The van der Waals surface area contributed by atoms with Gasteiger partial charge in [0.25, 0.3) is 0 Å². The van der Waals surface area contributed by atoms with Crippen LogP contribution >= 0.6 is 11.3 Å². The number of ketones is 1. The summed E-state index contributed by atoms with van der Waals surface area (Å²) in [6.07, 6.45) is 1.72. The Balaban J connectivity index is 2.21. The molecule has 0 N–H and O–H groups in total. The first kappa shape index (κ1) is 9.87. The molecule has 2 nitrogen and oxygen atoms in total. The van der Waals surface area contributed by atoms with Crippen molar-refractivity contribution >= 4 is 17.1 Å². The molecule has 1 fully saturated rings. The van der Waals surface area contributed by atoms with Gasteiger partial charge in [-0.2, -0.15) is 0 Å². The molecule has 0 amide bonds. The summed E-state index contributed by atoms with van der Waals surface area (Å²) in [7, 11) is 0. The van der Waals surface area contributed by atoms with Gasteiger partial charge in [0, 0.05) is 21.9 Å². The van der Waals surface area contributed by atoms with Crippen LogP contribution in [0.2, 0.25) is 0 Å². The van der Waals surface area contributed by atoms with Crippen LogP contribution in [0.1, 0.15) is 33.0 Å². The van der Waals surface area contributed by atoms with Crippen molar-refractivity contribution in [3.05, 3.63) is 21.4 Å². The summed E-state index contributed by atoms with van der Waals surface area (Å²) in [5, 5.41) is 0. The van der Waals surface area contributed by atoms with Crippen molar-refractivity contribution in [2.24, 2.45) is 0 Å². The predicted molar refractivity (Wildman–Crippen MR) is 57.1 cm³/mol. The Morgan fingerprint density at radius 1 is 1.57 bits per heavy atom. The lowest BCUT2D eigenvalue weighted by Crippen LogP contribution is -2.19. The number of aryl methyl sites for hydroxylation is 2. The largest absolute Gasteiger partial charge is 0.370 e. The molecule has 1 aromatic heterocycles. The van der Waals surface area contributed by atoms with E-state index in [1.807, 2.05) is 19.9 Å². The van der Waals surface area contributed by atoms with E-state index in [1.165, 1.54) is 4.88 Å². The van der Waals surface area contributed by atoms with Crippen molar-refractivity contribution in [3.8, 4) is 0 Å². The van der Waals surface area contributed by atoms with Gasteiger partial charge in [-0.15, -0.1) is 11.3 Å². The van der Waals surface area contributed by atoms with E-state index >= 15 is 0 Å². The topological polar surface area (TPSA) is 26.3 Å². The van der Waals surface area contributed by atoms with Crippen molar-refractivity contribution in [1.29, 1.82) is 0 Å². The lowest BCUT2D eigenvalue weighted by Gasteiger charge is -2.06. The molecular weight excluding hydrogens is 196 g/mol. The number of carbonyl (C=O) groups is 1. The molecule has 1 unspecified atom stereocenters. The molecular formula is C11H14O2S. The van der Waals surface area contributed by atoms with Crippen LogP contribution in [0, 0.1) is 13.8 Å². The zero-order valence-corrected chi connectivity index (χ0v) is 9.32. The molecule has 3 heteroatoms. The predicted octanol–water partition coefficient (Wildman–Crippen LogP) is 2.73. The summed E-state index contributed by atoms with van der Waals surface area (Å²) in [6, 6.07) is 1.98. The SMILES string of the molecule is Cc1cc(C(=O)C2CCCO2)c(C)s1. The third-order valence-corrected chi connectivity index (χ3v) is 3.49. The number of hydrogen-bond donors (Lipinski definition) is 0. The molecule has 2 heterocycles. The molecule has 0 bridgehead atoms. The highest BCUT2D eigenvalue weighted by molar-refractivity contribution is 7.12. The molecule has 0 aliphatic carbocycles. The van der Waals surface area contributed by atoms with Gasteiger partial charge in [-0.1, -0.05) is 0 Å². The second-order valence-electron chi connectivity index (χ2n) is 3.69. The molecule has 1 atom stereocenters. The number of carbonyl (C=O) groups excluding carboxylic acids is 1. The van der Waals surface area contributed by atoms with Crippen LogP contribution < -0.4 is 0 Å². The Morgan fingerprint density at radius 3 is 2.86 bits per heavy atom. The summed E-state index contributed by atoms with van der Waals surface area (Å²) in [5.74, 6) is 0.171. The number of thiophene rings is 1. The highest BCUT2D eigenvalue weighted by atomic mass is 32.1. The third-order valence-electron chi connectivity index (χ3n) is 2.53. The fourth-order valence-corrected chi connectivity index (χ4v) is 2.76. The molecule has 0 radical (unpaired) electrons. The minimum Gasteiger partial charge on any atom is -0.370 e. The van der Waals surface area contributed by atoms with Crippen molar-refractivity contribution in [2.45, 2.75) is 32.8 Å². The first-order valence-corrected chi connectivity index (χ1v) is 5.73. The molecule has 0 spiro atoms. The Labute approximate surface area is 87.9 Å². The van der Waals surface area contributed by atoms with Gasteiger partial charge in [0.1, 0.15) is 6.10 Å². The Bertz CT molecular complexity index is 348. The quantitative estimate of drug-likeness (QED) is 0.701. The number of hydrogen-bond acceptors (Lipinski definition) is 3. The fourth-order valence-electron chi connectivity index (χ4n) is 1.83. The monoisotopic (exact) mass is 210 g/mol. The van der Waals surface area contributed by atoms with E-state index in [0.29, 0.717) is 0 Å². The smallest absolute Gasteiger partial charge is 0.192 e. The van der Waals surface area contributed by atoms with Gasteiger partial charge in [0.05, 0.1) is 0 Å². The molecule has 0 aromatic carbocycles. The zero-order valence-electron chi connectivity index (χ0n) is 8.50. The fraction of sp³-hybridized carbons (Fsp3) is 0.545. The summed E-state index contributed by atoms with van der Waals surface area (Å²) >= 11 is 1.68. The highest BCUT2D eigenvalue weighted by Crippen LogP contribution is 2.25. The molecule has 14 heavy (non-hydrogen) atoms. The summed E-state index contributed by atoms with van der Waals surface area (Å²) < 4.78 is 5.39. The number of rotatable bonds is 2. The number of Topliss-reactive ketones (excluding diaryl/α,β-unsaturated/α-hetero) is 1. The van der Waals surface area contributed by atoms with E-state index in [2.05, 4.69) is 0 Å². The first-order chi connectivity index (χ1) is 6.68. The first-order valence-electron chi connectivity index (χ1n) is 4.91. The molecule has 1 aromatic rings. The van der Waals surface area contributed by atoms with Crippen LogP contribution in [0.4, 0.5) is 0 Å². The van der Waals surface area contributed by atoms with Gasteiger partial charge >= 0.3 is 0 Å². The van der Waals surface area contributed by atoms with Crippen LogP contribution in [0.3, 0.4) is 0 Å². The maximum absolute atomic E-state index is 12.0. The molecule has 1 aliphatic heterocycles. The number of ether oxygens (including phenoxy) is 1. The van der Waals surface area contributed by atoms with Crippen LogP contribution in [-0.4, -0.2) is 18.5 Å².